The van der Waals surface area contributed by atoms with Crippen molar-refractivity contribution < 1.29 is 19.4 Å². The van der Waals surface area contributed by atoms with Crippen molar-refractivity contribution in [3.05, 3.63) is 101 Å². The summed E-state index contributed by atoms with van der Waals surface area (Å²) >= 11 is 6.31. The predicted molar refractivity (Wildman–Crippen MR) is 125 cm³/mol. The highest BCUT2D eigenvalue weighted by atomic mass is 35.5. The second kappa shape index (κ2) is 8.64. The third kappa shape index (κ3) is 4.05. The lowest BCUT2D eigenvalue weighted by atomic mass is 9.97. The lowest BCUT2D eigenvalue weighted by molar-refractivity contribution is -0.139. The van der Waals surface area contributed by atoms with Gasteiger partial charge in [0.15, 0.2) is 6.61 Å². The van der Waals surface area contributed by atoms with E-state index in [0.29, 0.717) is 22.9 Å². The lowest BCUT2D eigenvalue weighted by Gasteiger charge is -2.28. The molecule has 7 heteroatoms. The molecule has 1 atom stereocenters. The molecule has 3 aromatic carbocycles. The van der Waals surface area contributed by atoms with Crippen molar-refractivity contribution in [2.45, 2.75) is 19.1 Å². The van der Waals surface area contributed by atoms with Crippen molar-refractivity contribution in [3.63, 3.8) is 0 Å². The van der Waals surface area contributed by atoms with Crippen molar-refractivity contribution >= 4 is 34.4 Å². The molecule has 1 aromatic heterocycles. The average Bonchev–Trinajstić information content (AvgIpc) is 3.40. The molecule has 2 heterocycles. The maximum absolute atomic E-state index is 13.6. The van der Waals surface area contributed by atoms with Gasteiger partial charge in [0.2, 0.25) is 5.91 Å². The smallest absolute Gasteiger partial charge is 0.341 e. The zero-order chi connectivity index (χ0) is 22.9. The number of aromatic nitrogens is 1. The molecular weight excluding hydrogens is 440 g/mol. The van der Waals surface area contributed by atoms with E-state index in [1.165, 1.54) is 0 Å². The molecule has 1 aliphatic heterocycles. The number of carboxylic acid groups (broad SMARTS) is 1. The Hall–Kier alpha value is -3.77. The third-order valence-corrected chi connectivity index (χ3v) is 6.16. The molecule has 1 unspecified atom stereocenters. The van der Waals surface area contributed by atoms with Crippen LogP contribution in [-0.4, -0.2) is 33.1 Å². The Morgan fingerprint density at radius 3 is 2.64 bits per heavy atom. The van der Waals surface area contributed by atoms with E-state index in [1.807, 2.05) is 65.4 Å². The summed E-state index contributed by atoms with van der Waals surface area (Å²) in [6.07, 6.45) is 1.92. The minimum atomic E-state index is -1.07. The van der Waals surface area contributed by atoms with Gasteiger partial charge in [0.1, 0.15) is 12.3 Å². The number of ether oxygens (including phenoxy) is 1. The van der Waals surface area contributed by atoms with E-state index in [-0.39, 0.29) is 12.5 Å². The molecule has 166 valence electrons. The Balaban J connectivity index is 1.53. The molecule has 0 saturated heterocycles. The van der Waals surface area contributed by atoms with Crippen molar-refractivity contribution in [3.8, 4) is 5.75 Å². The number of halogens is 1. The van der Waals surface area contributed by atoms with Gasteiger partial charge in [-0.15, -0.1) is 0 Å². The molecule has 6 nitrogen and oxygen atoms in total. The van der Waals surface area contributed by atoms with Crippen LogP contribution in [0.15, 0.2) is 79.0 Å². The van der Waals surface area contributed by atoms with Crippen molar-refractivity contribution in [2.75, 3.05) is 6.61 Å². The van der Waals surface area contributed by atoms with Crippen LogP contribution in [0.25, 0.3) is 10.9 Å². The van der Waals surface area contributed by atoms with E-state index in [4.69, 9.17) is 21.4 Å². The lowest BCUT2D eigenvalue weighted by Crippen LogP contribution is -2.33. The Kier molecular flexibility index (Phi) is 5.52. The fraction of sp³-hybridized carbons (Fsp3) is 0.154. The summed E-state index contributed by atoms with van der Waals surface area (Å²) in [7, 11) is 0. The topological polar surface area (TPSA) is 71.8 Å². The molecule has 0 bridgehead atoms. The van der Waals surface area contributed by atoms with Crippen LogP contribution >= 0.6 is 11.6 Å². The van der Waals surface area contributed by atoms with Gasteiger partial charge in [0.25, 0.3) is 0 Å². The first kappa shape index (κ1) is 21.1. The number of fused-ring (bicyclic) bond motifs is 2. The van der Waals surface area contributed by atoms with Crippen molar-refractivity contribution in [1.29, 1.82) is 0 Å². The van der Waals surface area contributed by atoms with Gasteiger partial charge in [-0.1, -0.05) is 54.1 Å². The van der Waals surface area contributed by atoms with Crippen LogP contribution in [0.3, 0.4) is 0 Å². The zero-order valence-electron chi connectivity index (χ0n) is 17.6. The average molecular weight is 461 g/mol. The first-order valence-electron chi connectivity index (χ1n) is 10.6. The molecule has 1 aliphatic rings. The van der Waals surface area contributed by atoms with Gasteiger partial charge >= 0.3 is 5.97 Å². The van der Waals surface area contributed by atoms with E-state index in [0.717, 1.165) is 22.0 Å². The highest BCUT2D eigenvalue weighted by Gasteiger charge is 2.36. The summed E-state index contributed by atoms with van der Waals surface area (Å²) in [5.41, 5.74) is 3.68. The summed E-state index contributed by atoms with van der Waals surface area (Å²) in [5, 5.41) is 10.7. The summed E-state index contributed by atoms with van der Waals surface area (Å²) in [5.74, 6) is -0.732. The first-order valence-corrected chi connectivity index (χ1v) is 10.9. The van der Waals surface area contributed by atoms with Gasteiger partial charge in [-0.3, -0.25) is 4.79 Å². The molecule has 1 amide bonds. The van der Waals surface area contributed by atoms with Gasteiger partial charge in [0, 0.05) is 28.8 Å². The van der Waals surface area contributed by atoms with Gasteiger partial charge in [-0.05, 0) is 46.8 Å². The number of benzene rings is 3. The molecule has 4 aromatic rings. The predicted octanol–water partition coefficient (Wildman–Crippen LogP) is 4.89. The van der Waals surface area contributed by atoms with Crippen LogP contribution in [-0.2, 0) is 22.7 Å². The van der Waals surface area contributed by atoms with Crippen LogP contribution in [0, 0.1) is 0 Å². The van der Waals surface area contributed by atoms with Crippen molar-refractivity contribution in [2.24, 2.45) is 0 Å². The maximum atomic E-state index is 13.6. The van der Waals surface area contributed by atoms with Crippen LogP contribution in [0.2, 0.25) is 5.02 Å². The first-order chi connectivity index (χ1) is 16.0. The fourth-order valence-corrected chi connectivity index (χ4v) is 4.65. The molecule has 1 N–H and O–H groups in total. The van der Waals surface area contributed by atoms with Crippen LogP contribution in [0.1, 0.15) is 22.7 Å². The van der Waals surface area contributed by atoms with Crippen molar-refractivity contribution in [1.82, 2.24) is 9.47 Å². The largest absolute Gasteiger partial charge is 0.482 e. The van der Waals surface area contributed by atoms with Crippen LogP contribution in [0.5, 0.6) is 5.75 Å². The van der Waals surface area contributed by atoms with Crippen LogP contribution < -0.4 is 4.74 Å². The molecule has 0 saturated carbocycles. The van der Waals surface area contributed by atoms with Crippen LogP contribution in [0.4, 0.5) is 0 Å². The zero-order valence-corrected chi connectivity index (χ0v) is 18.4. The standard InChI is InChI=1S/C26H21ClN2O4/c27-19-9-10-23(33-16-25(31)32)21(13-19)26-20-7-3-1-6-18(20)14-29(26)24(30)15-28-12-11-17-5-2-4-8-22(17)28/h1-13,26H,14-16H2,(H,31,32). The second-order valence-corrected chi connectivity index (χ2v) is 8.43. The highest BCUT2D eigenvalue weighted by Crippen LogP contribution is 2.43. The van der Waals surface area contributed by atoms with Gasteiger partial charge < -0.3 is 19.3 Å². The number of para-hydroxylation sites is 1. The number of carbonyl (C=O) groups excluding carboxylic acids is 1. The van der Waals surface area contributed by atoms with E-state index in [1.54, 1.807) is 23.1 Å². The number of hydrogen-bond acceptors (Lipinski definition) is 3. The Morgan fingerprint density at radius 1 is 1.00 bits per heavy atom. The minimum Gasteiger partial charge on any atom is -0.482 e. The van der Waals surface area contributed by atoms with E-state index >= 15 is 0 Å². The Bertz CT molecular complexity index is 1360. The number of rotatable bonds is 6. The van der Waals surface area contributed by atoms with E-state index < -0.39 is 18.6 Å². The molecule has 0 aliphatic carbocycles. The third-order valence-electron chi connectivity index (χ3n) is 5.93. The van der Waals surface area contributed by atoms with Gasteiger partial charge in [-0.25, -0.2) is 4.79 Å². The molecule has 0 radical (unpaired) electrons. The number of amides is 1. The number of aliphatic carboxylic acids is 1. The number of hydrogen-bond donors (Lipinski definition) is 1. The number of carboxylic acids is 1. The fourth-order valence-electron chi connectivity index (χ4n) is 4.47. The Labute approximate surface area is 195 Å². The summed E-state index contributed by atoms with van der Waals surface area (Å²) in [4.78, 5) is 26.5. The molecule has 0 fully saturated rings. The summed E-state index contributed by atoms with van der Waals surface area (Å²) in [6.45, 7) is 0.153. The Morgan fingerprint density at radius 2 is 1.79 bits per heavy atom. The second-order valence-electron chi connectivity index (χ2n) is 7.99. The SMILES string of the molecule is O=C(O)COc1ccc(Cl)cc1C1c2ccccc2CN1C(=O)Cn1ccc2ccccc21. The molecule has 33 heavy (non-hydrogen) atoms. The molecular formula is C26H21ClN2O4. The van der Waals surface area contributed by atoms with E-state index in [9.17, 15) is 9.59 Å². The highest BCUT2D eigenvalue weighted by molar-refractivity contribution is 6.30. The molecule has 0 spiro atoms. The quantitative estimate of drug-likeness (QED) is 0.444. The minimum absolute atomic E-state index is 0.0540. The normalized spacial score (nSPS) is 14.9. The summed E-state index contributed by atoms with van der Waals surface area (Å²) in [6, 6.07) is 22.4. The summed E-state index contributed by atoms with van der Waals surface area (Å²) < 4.78 is 7.51. The number of nitrogens with zero attached hydrogens (tertiary/aromatic N) is 2. The monoisotopic (exact) mass is 460 g/mol. The van der Waals surface area contributed by atoms with E-state index in [2.05, 4.69) is 0 Å². The van der Waals surface area contributed by atoms with Gasteiger partial charge in [-0.2, -0.15) is 0 Å². The molecule has 5 rings (SSSR count). The maximum Gasteiger partial charge on any atom is 0.341 e. The van der Waals surface area contributed by atoms with Gasteiger partial charge in [0.05, 0.1) is 6.04 Å². The number of carbonyl (C=O) groups is 2.